The van der Waals surface area contributed by atoms with Gasteiger partial charge < -0.3 is 4.57 Å². The van der Waals surface area contributed by atoms with Crippen molar-refractivity contribution in [2.75, 3.05) is 0 Å². The SMILES string of the molecule is C[C@@H](Sc1nnc(-c2ccncc2)n1C)C(=O)c1ccc(Br)cc1. The molecule has 0 bridgehead atoms. The second-order valence-corrected chi connectivity index (χ2v) is 7.46. The second kappa shape index (κ2) is 7.27. The summed E-state index contributed by atoms with van der Waals surface area (Å²) in [6.45, 7) is 1.88. The summed E-state index contributed by atoms with van der Waals surface area (Å²) in [6.07, 6.45) is 3.44. The van der Waals surface area contributed by atoms with Crippen molar-refractivity contribution in [2.24, 2.45) is 7.05 Å². The predicted molar refractivity (Wildman–Crippen MR) is 98.0 cm³/mol. The van der Waals surface area contributed by atoms with E-state index in [0.29, 0.717) is 10.7 Å². The summed E-state index contributed by atoms with van der Waals surface area (Å²) in [5.41, 5.74) is 1.63. The van der Waals surface area contributed by atoms with Gasteiger partial charge in [-0.25, -0.2) is 0 Å². The van der Waals surface area contributed by atoms with Crippen LogP contribution < -0.4 is 0 Å². The highest BCUT2D eigenvalue weighted by Crippen LogP contribution is 2.27. The van der Waals surface area contributed by atoms with E-state index < -0.39 is 0 Å². The highest BCUT2D eigenvalue weighted by molar-refractivity contribution is 9.10. The van der Waals surface area contributed by atoms with Crippen molar-refractivity contribution in [3.05, 3.63) is 58.8 Å². The Kier molecular flexibility index (Phi) is 5.11. The van der Waals surface area contributed by atoms with Crippen LogP contribution in [0.4, 0.5) is 0 Å². The molecule has 2 heterocycles. The third-order valence-electron chi connectivity index (χ3n) is 3.55. The average Bonchev–Trinajstić information content (AvgIpc) is 2.96. The Morgan fingerprint density at radius 2 is 1.79 bits per heavy atom. The fraction of sp³-hybridized carbons (Fsp3) is 0.176. The number of hydrogen-bond donors (Lipinski definition) is 0. The molecule has 0 unspecified atom stereocenters. The number of benzene rings is 1. The van der Waals surface area contributed by atoms with Gasteiger partial charge in [-0.2, -0.15) is 0 Å². The molecule has 3 rings (SSSR count). The lowest BCUT2D eigenvalue weighted by Gasteiger charge is -2.10. The number of carbonyl (C=O) groups excluding carboxylic acids is 1. The van der Waals surface area contributed by atoms with Crippen molar-refractivity contribution in [3.63, 3.8) is 0 Å². The number of pyridine rings is 1. The Morgan fingerprint density at radius 3 is 2.46 bits per heavy atom. The van der Waals surface area contributed by atoms with E-state index in [1.54, 1.807) is 12.4 Å². The van der Waals surface area contributed by atoms with Crippen LogP contribution in [0.25, 0.3) is 11.4 Å². The molecule has 0 aliphatic rings. The van der Waals surface area contributed by atoms with Crippen LogP contribution in [0, 0.1) is 0 Å². The maximum Gasteiger partial charge on any atom is 0.191 e. The first-order valence-corrected chi connectivity index (χ1v) is 9.00. The Morgan fingerprint density at radius 1 is 1.12 bits per heavy atom. The van der Waals surface area contributed by atoms with Crippen LogP contribution in [0.3, 0.4) is 0 Å². The first-order chi connectivity index (χ1) is 11.6. The average molecular weight is 403 g/mol. The van der Waals surface area contributed by atoms with Crippen LogP contribution in [0.1, 0.15) is 17.3 Å². The third-order valence-corrected chi connectivity index (χ3v) is 5.22. The van der Waals surface area contributed by atoms with Gasteiger partial charge in [0, 0.05) is 35.0 Å². The number of hydrogen-bond acceptors (Lipinski definition) is 5. The summed E-state index contributed by atoms with van der Waals surface area (Å²) < 4.78 is 2.85. The highest BCUT2D eigenvalue weighted by atomic mass is 79.9. The standard InChI is InChI=1S/C17H15BrN4OS/c1-11(15(23)12-3-5-14(18)6-4-12)24-17-21-20-16(22(17)2)13-7-9-19-10-8-13/h3-11H,1-2H3/t11-/m1/s1. The summed E-state index contributed by atoms with van der Waals surface area (Å²) >= 11 is 4.78. The molecule has 0 spiro atoms. The molecule has 2 aromatic heterocycles. The van der Waals surface area contributed by atoms with Crippen molar-refractivity contribution in [1.29, 1.82) is 0 Å². The number of ketones is 1. The molecule has 7 heteroatoms. The zero-order chi connectivity index (χ0) is 17.1. The molecular weight excluding hydrogens is 388 g/mol. The minimum Gasteiger partial charge on any atom is -0.305 e. The summed E-state index contributed by atoms with van der Waals surface area (Å²) in [4.78, 5) is 16.6. The van der Waals surface area contributed by atoms with Gasteiger partial charge in [-0.15, -0.1) is 10.2 Å². The topological polar surface area (TPSA) is 60.7 Å². The van der Waals surface area contributed by atoms with Gasteiger partial charge in [-0.1, -0.05) is 39.8 Å². The Balaban J connectivity index is 1.78. The van der Waals surface area contributed by atoms with Crippen molar-refractivity contribution in [1.82, 2.24) is 19.7 Å². The largest absolute Gasteiger partial charge is 0.305 e. The van der Waals surface area contributed by atoms with Crippen molar-refractivity contribution < 1.29 is 4.79 Å². The molecule has 0 N–H and O–H groups in total. The zero-order valence-corrected chi connectivity index (χ0v) is 15.6. The molecule has 1 atom stereocenters. The van der Waals surface area contributed by atoms with Crippen molar-refractivity contribution in [3.8, 4) is 11.4 Å². The van der Waals surface area contributed by atoms with Gasteiger partial charge >= 0.3 is 0 Å². The molecule has 1 aromatic carbocycles. The van der Waals surface area contributed by atoms with Gasteiger partial charge in [-0.05, 0) is 31.2 Å². The second-order valence-electron chi connectivity index (χ2n) is 5.23. The molecule has 122 valence electrons. The number of halogens is 1. The van der Waals surface area contributed by atoms with Crippen LogP contribution in [-0.4, -0.2) is 30.8 Å². The van der Waals surface area contributed by atoms with Gasteiger partial charge in [0.15, 0.2) is 16.8 Å². The number of aromatic nitrogens is 4. The van der Waals surface area contributed by atoms with Gasteiger partial charge in [0.25, 0.3) is 0 Å². The molecule has 0 aliphatic carbocycles. The maximum absolute atomic E-state index is 12.5. The van der Waals surface area contributed by atoms with Gasteiger partial charge in [0.1, 0.15) is 0 Å². The molecule has 24 heavy (non-hydrogen) atoms. The van der Waals surface area contributed by atoms with Gasteiger partial charge in [0.05, 0.1) is 5.25 Å². The molecule has 3 aromatic rings. The number of Topliss-reactive ketones (excluding diaryl/α,β-unsaturated/α-hetero) is 1. The number of thioether (sulfide) groups is 1. The molecule has 5 nitrogen and oxygen atoms in total. The summed E-state index contributed by atoms with van der Waals surface area (Å²) in [5, 5.41) is 8.91. The monoisotopic (exact) mass is 402 g/mol. The summed E-state index contributed by atoms with van der Waals surface area (Å²) in [5.74, 6) is 0.823. The molecule has 0 aliphatic heterocycles. The van der Waals surface area contributed by atoms with Crippen LogP contribution >= 0.6 is 27.7 Å². The number of rotatable bonds is 5. The van der Waals surface area contributed by atoms with Crippen LogP contribution in [0.5, 0.6) is 0 Å². The first-order valence-electron chi connectivity index (χ1n) is 7.32. The minimum absolute atomic E-state index is 0.0703. The van der Waals surface area contributed by atoms with E-state index in [1.165, 1.54) is 11.8 Å². The lowest BCUT2D eigenvalue weighted by atomic mass is 10.1. The molecular formula is C17H15BrN4OS. The molecule has 0 saturated heterocycles. The van der Waals surface area contributed by atoms with Crippen LogP contribution in [0.15, 0.2) is 58.4 Å². The molecule has 0 amide bonds. The van der Waals surface area contributed by atoms with E-state index in [1.807, 2.05) is 54.9 Å². The van der Waals surface area contributed by atoms with E-state index in [9.17, 15) is 4.79 Å². The fourth-order valence-electron chi connectivity index (χ4n) is 2.23. The van der Waals surface area contributed by atoms with E-state index in [0.717, 1.165) is 15.9 Å². The van der Waals surface area contributed by atoms with Gasteiger partial charge in [0.2, 0.25) is 0 Å². The molecule has 0 radical (unpaired) electrons. The van der Waals surface area contributed by atoms with Gasteiger partial charge in [-0.3, -0.25) is 9.78 Å². The number of carbonyl (C=O) groups is 1. The lowest BCUT2D eigenvalue weighted by Crippen LogP contribution is -2.14. The Hall–Kier alpha value is -1.99. The van der Waals surface area contributed by atoms with Crippen molar-refractivity contribution in [2.45, 2.75) is 17.3 Å². The number of nitrogens with zero attached hydrogens (tertiary/aromatic N) is 4. The van der Waals surface area contributed by atoms with Crippen LogP contribution in [0.2, 0.25) is 0 Å². The third kappa shape index (κ3) is 3.57. The highest BCUT2D eigenvalue weighted by Gasteiger charge is 2.20. The maximum atomic E-state index is 12.5. The molecule has 0 saturated carbocycles. The van der Waals surface area contributed by atoms with Crippen LogP contribution in [-0.2, 0) is 7.05 Å². The summed E-state index contributed by atoms with van der Waals surface area (Å²) in [6, 6.07) is 11.2. The quantitative estimate of drug-likeness (QED) is 0.476. The fourth-order valence-corrected chi connectivity index (χ4v) is 3.39. The first kappa shape index (κ1) is 16.9. The predicted octanol–water partition coefficient (Wildman–Crippen LogP) is 4.00. The van der Waals surface area contributed by atoms with E-state index >= 15 is 0 Å². The van der Waals surface area contributed by atoms with E-state index in [2.05, 4.69) is 31.1 Å². The van der Waals surface area contributed by atoms with E-state index in [-0.39, 0.29) is 11.0 Å². The summed E-state index contributed by atoms with van der Waals surface area (Å²) in [7, 11) is 1.90. The zero-order valence-electron chi connectivity index (χ0n) is 13.2. The Bertz CT molecular complexity index is 849. The van der Waals surface area contributed by atoms with E-state index in [4.69, 9.17) is 0 Å². The smallest absolute Gasteiger partial charge is 0.191 e. The van der Waals surface area contributed by atoms with Crippen molar-refractivity contribution >= 4 is 33.5 Å². The minimum atomic E-state index is -0.251. The normalized spacial score (nSPS) is 12.1. The molecule has 0 fully saturated rings. The Labute approximate surface area is 152 Å². The lowest BCUT2D eigenvalue weighted by molar-refractivity contribution is 0.0994.